The van der Waals surface area contributed by atoms with Crippen molar-refractivity contribution >= 4 is 10.0 Å². The second-order valence-corrected chi connectivity index (χ2v) is 8.18. The van der Waals surface area contributed by atoms with Gasteiger partial charge in [-0.25, -0.2) is 12.7 Å². The van der Waals surface area contributed by atoms with E-state index in [1.807, 2.05) is 24.3 Å². The molecule has 1 aromatic carbocycles. The maximum atomic E-state index is 12.6. The van der Waals surface area contributed by atoms with E-state index in [1.165, 1.54) is 0 Å². The molecule has 0 atom stereocenters. The number of benzene rings is 1. The first kappa shape index (κ1) is 16.5. The monoisotopic (exact) mass is 310 g/mol. The lowest BCUT2D eigenvalue weighted by atomic mass is 9.87. The Morgan fingerprint density at radius 2 is 1.76 bits per heavy atom. The molecule has 0 unspecified atom stereocenters. The summed E-state index contributed by atoms with van der Waals surface area (Å²) in [6.07, 6.45) is 1.94. The van der Waals surface area contributed by atoms with E-state index in [0.29, 0.717) is 31.5 Å². The van der Waals surface area contributed by atoms with Gasteiger partial charge in [0, 0.05) is 19.6 Å². The first-order chi connectivity index (χ1) is 9.94. The van der Waals surface area contributed by atoms with E-state index >= 15 is 0 Å². The quantitative estimate of drug-likeness (QED) is 0.908. The van der Waals surface area contributed by atoms with Gasteiger partial charge in [0.1, 0.15) is 0 Å². The van der Waals surface area contributed by atoms with E-state index in [0.717, 1.165) is 24.0 Å². The van der Waals surface area contributed by atoms with E-state index in [-0.39, 0.29) is 5.75 Å². The van der Waals surface area contributed by atoms with Crippen LogP contribution in [0.4, 0.5) is 0 Å². The van der Waals surface area contributed by atoms with Gasteiger partial charge in [0.2, 0.25) is 10.0 Å². The lowest BCUT2D eigenvalue weighted by Crippen LogP contribution is -2.40. The van der Waals surface area contributed by atoms with Gasteiger partial charge in [-0.2, -0.15) is 0 Å². The molecule has 0 amide bonds. The van der Waals surface area contributed by atoms with Gasteiger partial charge in [0.25, 0.3) is 0 Å². The molecule has 1 heterocycles. The van der Waals surface area contributed by atoms with Crippen molar-refractivity contribution in [2.45, 2.75) is 39.0 Å². The number of piperidine rings is 1. The van der Waals surface area contributed by atoms with Gasteiger partial charge < -0.3 is 5.73 Å². The molecular formula is C16H26N2O2S. The predicted octanol–water partition coefficient (Wildman–Crippen LogP) is 2.34. The van der Waals surface area contributed by atoms with E-state index in [4.69, 9.17) is 5.73 Å². The highest BCUT2D eigenvalue weighted by molar-refractivity contribution is 7.88. The molecule has 0 spiro atoms. The van der Waals surface area contributed by atoms with Gasteiger partial charge in [-0.05, 0) is 35.8 Å². The Labute approximate surface area is 128 Å². The second kappa shape index (κ2) is 6.90. The summed E-state index contributed by atoms with van der Waals surface area (Å²) in [4.78, 5) is 0. The van der Waals surface area contributed by atoms with Crippen LogP contribution in [-0.2, 0) is 22.3 Å². The zero-order chi connectivity index (χ0) is 15.5. The fraction of sp³-hybridized carbons (Fsp3) is 0.625. The van der Waals surface area contributed by atoms with Crippen LogP contribution >= 0.6 is 0 Å². The third kappa shape index (κ3) is 4.05. The van der Waals surface area contributed by atoms with Crippen LogP contribution in [0.2, 0.25) is 0 Å². The van der Waals surface area contributed by atoms with Gasteiger partial charge in [-0.15, -0.1) is 0 Å². The molecule has 0 aromatic heterocycles. The second-order valence-electron chi connectivity index (χ2n) is 6.21. The van der Waals surface area contributed by atoms with Crippen LogP contribution in [0.25, 0.3) is 0 Å². The molecule has 5 heteroatoms. The minimum atomic E-state index is -3.24. The maximum Gasteiger partial charge on any atom is 0.218 e. The fourth-order valence-corrected chi connectivity index (χ4v) is 4.63. The molecule has 0 radical (unpaired) electrons. The minimum Gasteiger partial charge on any atom is -0.326 e. The first-order valence-electron chi connectivity index (χ1n) is 7.68. The summed E-state index contributed by atoms with van der Waals surface area (Å²) in [6.45, 7) is 6.10. The molecule has 2 rings (SSSR count). The van der Waals surface area contributed by atoms with Gasteiger partial charge in [-0.3, -0.25) is 0 Å². The van der Waals surface area contributed by atoms with Crippen LogP contribution < -0.4 is 5.73 Å². The SMILES string of the molecule is CC(C)C1CCN(S(=O)(=O)Cc2ccccc2CN)CC1. The molecule has 1 saturated heterocycles. The number of hydrogen-bond acceptors (Lipinski definition) is 3. The summed E-state index contributed by atoms with van der Waals surface area (Å²) in [5.41, 5.74) is 7.43. The number of nitrogens with two attached hydrogens (primary N) is 1. The number of rotatable bonds is 5. The molecular weight excluding hydrogens is 284 g/mol. The van der Waals surface area contributed by atoms with Crippen molar-refractivity contribution in [3.8, 4) is 0 Å². The van der Waals surface area contributed by atoms with Crippen LogP contribution in [0.1, 0.15) is 37.8 Å². The Kier molecular flexibility index (Phi) is 5.41. The molecule has 1 fully saturated rings. The number of sulfonamides is 1. The fourth-order valence-electron chi connectivity index (χ4n) is 3.01. The first-order valence-corrected chi connectivity index (χ1v) is 9.29. The smallest absolute Gasteiger partial charge is 0.218 e. The summed E-state index contributed by atoms with van der Waals surface area (Å²) in [7, 11) is -3.24. The molecule has 1 aliphatic heterocycles. The summed E-state index contributed by atoms with van der Waals surface area (Å²) >= 11 is 0. The normalized spacial score (nSPS) is 18.3. The standard InChI is InChI=1S/C16H26N2O2S/c1-13(2)14-7-9-18(10-8-14)21(19,20)12-16-6-4-3-5-15(16)11-17/h3-6,13-14H,7-12,17H2,1-2H3. The molecule has 0 bridgehead atoms. The summed E-state index contributed by atoms with van der Waals surface area (Å²) in [6, 6.07) is 7.53. The third-order valence-electron chi connectivity index (χ3n) is 4.51. The van der Waals surface area contributed by atoms with Crippen LogP contribution in [0.5, 0.6) is 0 Å². The third-order valence-corrected chi connectivity index (χ3v) is 6.34. The van der Waals surface area contributed by atoms with Crippen molar-refractivity contribution in [1.29, 1.82) is 0 Å². The lowest BCUT2D eigenvalue weighted by Gasteiger charge is -2.33. The molecule has 1 aromatic rings. The Bertz CT molecular complexity index is 561. The topological polar surface area (TPSA) is 63.4 Å². The van der Waals surface area contributed by atoms with E-state index < -0.39 is 10.0 Å². The lowest BCUT2D eigenvalue weighted by molar-refractivity contribution is 0.226. The average Bonchev–Trinajstić information content (AvgIpc) is 2.47. The van der Waals surface area contributed by atoms with Crippen molar-refractivity contribution in [2.24, 2.45) is 17.6 Å². The zero-order valence-electron chi connectivity index (χ0n) is 13.0. The van der Waals surface area contributed by atoms with Crippen molar-refractivity contribution < 1.29 is 8.42 Å². The molecule has 2 N–H and O–H groups in total. The summed E-state index contributed by atoms with van der Waals surface area (Å²) in [5, 5.41) is 0. The number of hydrogen-bond donors (Lipinski definition) is 1. The molecule has 0 aliphatic carbocycles. The molecule has 0 saturated carbocycles. The average molecular weight is 310 g/mol. The maximum absolute atomic E-state index is 12.6. The van der Waals surface area contributed by atoms with Crippen LogP contribution in [0.3, 0.4) is 0 Å². The van der Waals surface area contributed by atoms with Gasteiger partial charge >= 0.3 is 0 Å². The van der Waals surface area contributed by atoms with Gasteiger partial charge in [0.15, 0.2) is 0 Å². The van der Waals surface area contributed by atoms with Crippen LogP contribution in [0, 0.1) is 11.8 Å². The van der Waals surface area contributed by atoms with E-state index in [9.17, 15) is 8.42 Å². The summed E-state index contributed by atoms with van der Waals surface area (Å²) < 4.78 is 26.8. The van der Waals surface area contributed by atoms with Crippen LogP contribution in [0.15, 0.2) is 24.3 Å². The molecule has 1 aliphatic rings. The largest absolute Gasteiger partial charge is 0.326 e. The zero-order valence-corrected chi connectivity index (χ0v) is 13.8. The van der Waals surface area contributed by atoms with Gasteiger partial charge in [-0.1, -0.05) is 38.1 Å². The van der Waals surface area contributed by atoms with Crippen molar-refractivity contribution in [1.82, 2.24) is 4.31 Å². The van der Waals surface area contributed by atoms with Gasteiger partial charge in [0.05, 0.1) is 5.75 Å². The van der Waals surface area contributed by atoms with Crippen molar-refractivity contribution in [3.63, 3.8) is 0 Å². The minimum absolute atomic E-state index is 0.0622. The Balaban J connectivity index is 2.06. The van der Waals surface area contributed by atoms with E-state index in [2.05, 4.69) is 13.8 Å². The van der Waals surface area contributed by atoms with E-state index in [1.54, 1.807) is 4.31 Å². The van der Waals surface area contributed by atoms with Crippen molar-refractivity contribution in [2.75, 3.05) is 13.1 Å². The predicted molar refractivity (Wildman–Crippen MR) is 86.1 cm³/mol. The van der Waals surface area contributed by atoms with Crippen LogP contribution in [-0.4, -0.2) is 25.8 Å². The Morgan fingerprint density at radius 1 is 1.19 bits per heavy atom. The highest BCUT2D eigenvalue weighted by Crippen LogP contribution is 2.27. The molecule has 21 heavy (non-hydrogen) atoms. The molecule has 4 nitrogen and oxygen atoms in total. The Morgan fingerprint density at radius 3 is 2.29 bits per heavy atom. The summed E-state index contributed by atoms with van der Waals surface area (Å²) in [5.74, 6) is 1.34. The molecule has 118 valence electrons. The number of nitrogens with zero attached hydrogens (tertiary/aromatic N) is 1. The van der Waals surface area contributed by atoms with Crippen molar-refractivity contribution in [3.05, 3.63) is 35.4 Å². The highest BCUT2D eigenvalue weighted by atomic mass is 32.2. The highest BCUT2D eigenvalue weighted by Gasteiger charge is 2.29. The Hall–Kier alpha value is -0.910.